The van der Waals surface area contributed by atoms with Crippen molar-refractivity contribution < 1.29 is 18.3 Å². The van der Waals surface area contributed by atoms with Crippen LogP contribution >= 0.6 is 0 Å². The van der Waals surface area contributed by atoms with Crippen LogP contribution in [0.2, 0.25) is 0 Å². The number of rotatable bonds is 10. The summed E-state index contributed by atoms with van der Waals surface area (Å²) in [7, 11) is -3.15. The monoisotopic (exact) mass is 265 g/mol. The average molecular weight is 265 g/mol. The topological polar surface area (TPSA) is 83.5 Å². The lowest BCUT2D eigenvalue weighted by Crippen LogP contribution is -2.27. The van der Waals surface area contributed by atoms with E-state index >= 15 is 0 Å². The number of hydrogen-bond acceptors (Lipinski definition) is 3. The Labute approximate surface area is 104 Å². The summed E-state index contributed by atoms with van der Waals surface area (Å²) in [5.74, 6) is -0.260. The van der Waals surface area contributed by atoms with Gasteiger partial charge >= 0.3 is 5.97 Å². The smallest absolute Gasteiger partial charge is 0.303 e. The molecule has 6 heteroatoms. The van der Waals surface area contributed by atoms with E-state index in [1.54, 1.807) is 0 Å². The van der Waals surface area contributed by atoms with Gasteiger partial charge in [0.1, 0.15) is 0 Å². The molecule has 0 heterocycles. The molecule has 2 N–H and O–H groups in total. The summed E-state index contributed by atoms with van der Waals surface area (Å²) in [4.78, 5) is 10.2. The van der Waals surface area contributed by atoms with E-state index in [2.05, 4.69) is 4.72 Å². The zero-order valence-electron chi connectivity index (χ0n) is 10.6. The fourth-order valence-corrected chi connectivity index (χ4v) is 2.65. The number of carbonyl (C=O) groups is 1. The molecule has 0 saturated heterocycles. The summed E-state index contributed by atoms with van der Waals surface area (Å²) in [6, 6.07) is 0. The first-order valence-electron chi connectivity index (χ1n) is 6.02. The zero-order valence-corrected chi connectivity index (χ0v) is 11.4. The highest BCUT2D eigenvalue weighted by Gasteiger charge is 2.10. The van der Waals surface area contributed by atoms with Crippen LogP contribution in [-0.4, -0.2) is 31.8 Å². The Kier molecular flexibility index (Phi) is 8.16. The number of nitrogens with one attached hydrogen (secondary N) is 1. The van der Waals surface area contributed by atoms with Crippen LogP contribution in [0.4, 0.5) is 0 Å². The van der Waals surface area contributed by atoms with Crippen molar-refractivity contribution in [3.63, 3.8) is 0 Å². The SMILES string of the molecule is CC(C)CCS(=O)(=O)NCCCCCC(=O)O. The fourth-order valence-electron chi connectivity index (χ4n) is 1.27. The van der Waals surface area contributed by atoms with Crippen molar-refractivity contribution in [3.05, 3.63) is 0 Å². The lowest BCUT2D eigenvalue weighted by atomic mass is 10.2. The van der Waals surface area contributed by atoms with E-state index in [0.29, 0.717) is 31.7 Å². The van der Waals surface area contributed by atoms with Crippen molar-refractivity contribution in [2.24, 2.45) is 5.92 Å². The molecule has 0 aliphatic heterocycles. The molecular weight excluding hydrogens is 242 g/mol. The minimum atomic E-state index is -3.15. The number of aliphatic carboxylic acids is 1. The number of hydrogen-bond donors (Lipinski definition) is 2. The quantitative estimate of drug-likeness (QED) is 0.588. The van der Waals surface area contributed by atoms with E-state index in [-0.39, 0.29) is 12.2 Å². The summed E-state index contributed by atoms with van der Waals surface area (Å²) in [5.41, 5.74) is 0. The van der Waals surface area contributed by atoms with Crippen molar-refractivity contribution in [3.8, 4) is 0 Å². The number of carboxylic acids is 1. The third-order valence-electron chi connectivity index (χ3n) is 2.35. The molecule has 0 amide bonds. The first-order valence-corrected chi connectivity index (χ1v) is 7.68. The highest BCUT2D eigenvalue weighted by atomic mass is 32.2. The normalized spacial score (nSPS) is 11.9. The Morgan fingerprint density at radius 1 is 1.24 bits per heavy atom. The van der Waals surface area contributed by atoms with Crippen LogP contribution < -0.4 is 4.72 Å². The molecule has 0 saturated carbocycles. The Bertz CT molecular complexity index is 311. The lowest BCUT2D eigenvalue weighted by Gasteiger charge is -2.07. The second-order valence-corrected chi connectivity index (χ2v) is 6.53. The zero-order chi connectivity index (χ0) is 13.3. The van der Waals surface area contributed by atoms with Crippen LogP contribution in [0, 0.1) is 5.92 Å². The highest BCUT2D eigenvalue weighted by molar-refractivity contribution is 7.89. The van der Waals surface area contributed by atoms with Gasteiger partial charge in [-0.05, 0) is 25.2 Å². The van der Waals surface area contributed by atoms with Gasteiger partial charge in [-0.2, -0.15) is 0 Å². The second-order valence-electron chi connectivity index (χ2n) is 4.60. The van der Waals surface area contributed by atoms with Gasteiger partial charge < -0.3 is 5.11 Å². The minimum Gasteiger partial charge on any atom is -0.481 e. The van der Waals surface area contributed by atoms with E-state index in [0.717, 1.165) is 6.42 Å². The standard InChI is InChI=1S/C11H23NO4S/c1-10(2)7-9-17(15,16)12-8-5-3-4-6-11(13)14/h10,12H,3-9H2,1-2H3,(H,13,14). The van der Waals surface area contributed by atoms with Crippen molar-refractivity contribution in [2.45, 2.75) is 46.0 Å². The Balaban J connectivity index is 3.56. The first kappa shape index (κ1) is 16.4. The fraction of sp³-hybridized carbons (Fsp3) is 0.909. The van der Waals surface area contributed by atoms with Gasteiger partial charge in [-0.15, -0.1) is 0 Å². The molecule has 0 aliphatic carbocycles. The van der Waals surface area contributed by atoms with Gasteiger partial charge in [0.05, 0.1) is 5.75 Å². The van der Waals surface area contributed by atoms with E-state index < -0.39 is 16.0 Å². The maximum atomic E-state index is 11.5. The molecule has 0 fully saturated rings. The predicted octanol–water partition coefficient (Wildman–Crippen LogP) is 1.60. The van der Waals surface area contributed by atoms with Gasteiger partial charge in [-0.3, -0.25) is 4.79 Å². The Morgan fingerprint density at radius 2 is 1.88 bits per heavy atom. The average Bonchev–Trinajstić information content (AvgIpc) is 2.20. The molecule has 17 heavy (non-hydrogen) atoms. The third kappa shape index (κ3) is 11.6. The van der Waals surface area contributed by atoms with Gasteiger partial charge in [-0.25, -0.2) is 13.1 Å². The summed E-state index contributed by atoms with van der Waals surface area (Å²) in [6.45, 7) is 4.38. The molecule has 0 spiro atoms. The molecule has 102 valence electrons. The van der Waals surface area contributed by atoms with Gasteiger partial charge in [0, 0.05) is 13.0 Å². The third-order valence-corrected chi connectivity index (χ3v) is 3.77. The maximum Gasteiger partial charge on any atom is 0.303 e. The predicted molar refractivity (Wildman–Crippen MR) is 67.3 cm³/mol. The summed E-state index contributed by atoms with van der Waals surface area (Å²) >= 11 is 0. The minimum absolute atomic E-state index is 0.153. The molecule has 0 aromatic heterocycles. The van der Waals surface area contributed by atoms with Gasteiger partial charge in [0.25, 0.3) is 0 Å². The molecule has 0 rings (SSSR count). The Hall–Kier alpha value is -0.620. The van der Waals surface area contributed by atoms with Crippen LogP contribution in [0.1, 0.15) is 46.0 Å². The van der Waals surface area contributed by atoms with E-state index in [4.69, 9.17) is 5.11 Å². The van der Waals surface area contributed by atoms with Crippen molar-refractivity contribution in [1.29, 1.82) is 0 Å². The summed E-state index contributed by atoms with van der Waals surface area (Å²) < 4.78 is 25.5. The molecule has 0 aromatic carbocycles. The van der Waals surface area contributed by atoms with Crippen molar-refractivity contribution >= 4 is 16.0 Å². The Morgan fingerprint density at radius 3 is 2.41 bits per heavy atom. The molecule has 5 nitrogen and oxygen atoms in total. The lowest BCUT2D eigenvalue weighted by molar-refractivity contribution is -0.137. The van der Waals surface area contributed by atoms with E-state index in [1.165, 1.54) is 0 Å². The number of sulfonamides is 1. The van der Waals surface area contributed by atoms with Crippen LogP contribution in [0.25, 0.3) is 0 Å². The largest absolute Gasteiger partial charge is 0.481 e. The van der Waals surface area contributed by atoms with Gasteiger partial charge in [0.15, 0.2) is 0 Å². The molecule has 0 radical (unpaired) electrons. The van der Waals surface area contributed by atoms with Gasteiger partial charge in [0.2, 0.25) is 10.0 Å². The van der Waals surface area contributed by atoms with Gasteiger partial charge in [-0.1, -0.05) is 20.3 Å². The molecule has 0 unspecified atom stereocenters. The summed E-state index contributed by atoms with van der Waals surface area (Å²) in [6.07, 6.45) is 2.84. The van der Waals surface area contributed by atoms with Crippen molar-refractivity contribution in [2.75, 3.05) is 12.3 Å². The molecular formula is C11H23NO4S. The highest BCUT2D eigenvalue weighted by Crippen LogP contribution is 2.03. The van der Waals surface area contributed by atoms with Crippen LogP contribution in [0.15, 0.2) is 0 Å². The van der Waals surface area contributed by atoms with Crippen molar-refractivity contribution in [1.82, 2.24) is 4.72 Å². The first-order chi connectivity index (χ1) is 7.83. The molecule has 0 atom stereocenters. The maximum absolute atomic E-state index is 11.5. The molecule has 0 aromatic rings. The van der Waals surface area contributed by atoms with Crippen LogP contribution in [0.5, 0.6) is 0 Å². The molecule has 0 aliphatic rings. The molecule has 0 bridgehead atoms. The number of carboxylic acid groups (broad SMARTS) is 1. The van der Waals surface area contributed by atoms with E-state index in [9.17, 15) is 13.2 Å². The van der Waals surface area contributed by atoms with Crippen LogP contribution in [0.3, 0.4) is 0 Å². The van der Waals surface area contributed by atoms with Crippen LogP contribution in [-0.2, 0) is 14.8 Å². The summed E-state index contributed by atoms with van der Waals surface area (Å²) in [5, 5.41) is 8.41. The second kappa shape index (κ2) is 8.47. The van der Waals surface area contributed by atoms with E-state index in [1.807, 2.05) is 13.8 Å². The number of unbranched alkanes of at least 4 members (excludes halogenated alkanes) is 2.